The fourth-order valence-electron chi connectivity index (χ4n) is 1.65. The number of alkyl halides is 3. The average Bonchev–Trinajstić information content (AvgIpc) is 2.32. The molecule has 1 aromatic heterocycles. The Hall–Kier alpha value is -1.84. The number of halogens is 3. The highest BCUT2D eigenvalue weighted by atomic mass is 19.4. The Morgan fingerprint density at radius 3 is 2.33 bits per heavy atom. The summed E-state index contributed by atoms with van der Waals surface area (Å²) in [6, 6.07) is 8.80. The van der Waals surface area contributed by atoms with Crippen molar-refractivity contribution in [2.24, 2.45) is 0 Å². The van der Waals surface area contributed by atoms with E-state index in [1.165, 1.54) is 6.07 Å². The van der Waals surface area contributed by atoms with Gasteiger partial charge in [0.05, 0.1) is 11.3 Å². The summed E-state index contributed by atoms with van der Waals surface area (Å²) in [6.45, 7) is 3.75. The normalized spacial score (nSPS) is 11.6. The summed E-state index contributed by atoms with van der Waals surface area (Å²) >= 11 is 0. The van der Waals surface area contributed by atoms with E-state index in [-0.39, 0.29) is 0 Å². The average molecular weight is 251 g/mol. The van der Waals surface area contributed by atoms with Gasteiger partial charge in [-0.3, -0.25) is 4.98 Å². The van der Waals surface area contributed by atoms with Crippen LogP contribution in [0, 0.1) is 13.8 Å². The molecule has 0 atom stereocenters. The van der Waals surface area contributed by atoms with Gasteiger partial charge in [-0.25, -0.2) is 0 Å². The van der Waals surface area contributed by atoms with Crippen LogP contribution in [-0.4, -0.2) is 4.98 Å². The minimum atomic E-state index is -4.32. The molecule has 0 aliphatic rings. The molecule has 0 bridgehead atoms. The van der Waals surface area contributed by atoms with Crippen LogP contribution in [0.4, 0.5) is 13.2 Å². The van der Waals surface area contributed by atoms with Crippen LogP contribution in [0.25, 0.3) is 11.3 Å². The summed E-state index contributed by atoms with van der Waals surface area (Å²) in [6.07, 6.45) is -4.32. The number of aryl methyl sites for hydroxylation is 2. The van der Waals surface area contributed by atoms with Gasteiger partial charge in [0, 0.05) is 11.3 Å². The van der Waals surface area contributed by atoms with Gasteiger partial charge in [0.25, 0.3) is 0 Å². The molecular weight excluding hydrogens is 239 g/mol. The second-order valence-electron chi connectivity index (χ2n) is 4.18. The molecule has 18 heavy (non-hydrogen) atoms. The van der Waals surface area contributed by atoms with Crippen LogP contribution in [0.1, 0.15) is 16.8 Å². The fourth-order valence-corrected chi connectivity index (χ4v) is 1.65. The van der Waals surface area contributed by atoms with Gasteiger partial charge in [0.1, 0.15) is 0 Å². The molecule has 0 fully saturated rings. The van der Waals surface area contributed by atoms with Gasteiger partial charge >= 0.3 is 6.18 Å². The van der Waals surface area contributed by atoms with Crippen molar-refractivity contribution in [2.45, 2.75) is 20.0 Å². The molecule has 1 nitrogen and oxygen atoms in total. The Morgan fingerprint density at radius 2 is 1.72 bits per heavy atom. The lowest BCUT2D eigenvalue weighted by atomic mass is 10.1. The second-order valence-corrected chi connectivity index (χ2v) is 4.18. The van der Waals surface area contributed by atoms with Crippen LogP contribution in [0.3, 0.4) is 0 Å². The fraction of sp³-hybridized carbons (Fsp3) is 0.214. The Bertz CT molecular complexity index is 573. The zero-order chi connectivity index (χ0) is 13.3. The molecule has 0 N–H and O–H groups in total. The molecule has 4 heteroatoms. The lowest BCUT2D eigenvalue weighted by Gasteiger charge is -2.09. The quantitative estimate of drug-likeness (QED) is 0.732. The minimum Gasteiger partial charge on any atom is -0.253 e. The standard InChI is InChI=1S/C14H12F3N/c1-9-6-7-13(18-10(9)2)11-4-3-5-12(8-11)14(15,16)17/h3-8H,1-2H3. The number of pyridine rings is 1. The number of nitrogens with zero attached hydrogens (tertiary/aromatic N) is 1. The van der Waals surface area contributed by atoms with Crippen LogP contribution in [0.5, 0.6) is 0 Å². The van der Waals surface area contributed by atoms with Crippen molar-refractivity contribution in [3.8, 4) is 11.3 Å². The van der Waals surface area contributed by atoms with Crippen molar-refractivity contribution in [3.05, 3.63) is 53.2 Å². The van der Waals surface area contributed by atoms with Crippen molar-refractivity contribution >= 4 is 0 Å². The Morgan fingerprint density at radius 1 is 1.00 bits per heavy atom. The molecule has 0 aliphatic heterocycles. The van der Waals surface area contributed by atoms with Gasteiger partial charge in [-0.2, -0.15) is 13.2 Å². The summed E-state index contributed by atoms with van der Waals surface area (Å²) in [5.74, 6) is 0. The molecule has 1 heterocycles. The van der Waals surface area contributed by atoms with Gasteiger partial charge < -0.3 is 0 Å². The molecule has 0 radical (unpaired) electrons. The summed E-state index contributed by atoms with van der Waals surface area (Å²) in [5, 5.41) is 0. The summed E-state index contributed by atoms with van der Waals surface area (Å²) < 4.78 is 37.8. The van der Waals surface area contributed by atoms with Crippen molar-refractivity contribution < 1.29 is 13.2 Å². The first-order chi connectivity index (χ1) is 8.38. The predicted octanol–water partition coefficient (Wildman–Crippen LogP) is 4.38. The van der Waals surface area contributed by atoms with Crippen molar-refractivity contribution in [2.75, 3.05) is 0 Å². The molecule has 2 rings (SSSR count). The zero-order valence-corrected chi connectivity index (χ0v) is 10.0. The van der Waals surface area contributed by atoms with Crippen LogP contribution in [0.2, 0.25) is 0 Å². The predicted molar refractivity (Wildman–Crippen MR) is 64.1 cm³/mol. The third kappa shape index (κ3) is 2.53. The van der Waals surface area contributed by atoms with Gasteiger partial charge in [-0.15, -0.1) is 0 Å². The summed E-state index contributed by atoms with van der Waals surface area (Å²) in [5.41, 5.74) is 2.23. The number of rotatable bonds is 1. The molecule has 94 valence electrons. The maximum atomic E-state index is 12.6. The summed E-state index contributed by atoms with van der Waals surface area (Å²) in [7, 11) is 0. The number of hydrogen-bond donors (Lipinski definition) is 0. The molecule has 0 aliphatic carbocycles. The van der Waals surface area contributed by atoms with Crippen molar-refractivity contribution in [1.29, 1.82) is 0 Å². The largest absolute Gasteiger partial charge is 0.416 e. The third-order valence-electron chi connectivity index (χ3n) is 2.84. The highest BCUT2D eigenvalue weighted by Crippen LogP contribution is 2.31. The highest BCUT2D eigenvalue weighted by molar-refractivity contribution is 5.60. The highest BCUT2D eigenvalue weighted by Gasteiger charge is 2.30. The van der Waals surface area contributed by atoms with Crippen molar-refractivity contribution in [3.63, 3.8) is 0 Å². The molecule has 0 saturated heterocycles. The molecule has 1 aromatic carbocycles. The van der Waals surface area contributed by atoms with Crippen molar-refractivity contribution in [1.82, 2.24) is 4.98 Å². The van der Waals surface area contributed by atoms with Gasteiger partial charge in [0.15, 0.2) is 0 Å². The Labute approximate surface area is 103 Å². The first kappa shape index (κ1) is 12.6. The molecular formula is C14H12F3N. The van der Waals surface area contributed by atoms with E-state index in [1.807, 2.05) is 19.9 Å². The summed E-state index contributed by atoms with van der Waals surface area (Å²) in [4.78, 5) is 4.30. The van der Waals surface area contributed by atoms with E-state index < -0.39 is 11.7 Å². The van der Waals surface area contributed by atoms with Crippen LogP contribution in [0.15, 0.2) is 36.4 Å². The Kier molecular flexibility index (Phi) is 3.11. The molecule has 0 amide bonds. The first-order valence-electron chi connectivity index (χ1n) is 5.50. The van der Waals surface area contributed by atoms with Crippen LogP contribution in [-0.2, 0) is 6.18 Å². The topological polar surface area (TPSA) is 12.9 Å². The smallest absolute Gasteiger partial charge is 0.253 e. The Balaban J connectivity index is 2.48. The van der Waals surface area contributed by atoms with E-state index in [0.29, 0.717) is 11.3 Å². The lowest BCUT2D eigenvalue weighted by molar-refractivity contribution is -0.137. The van der Waals surface area contributed by atoms with Crippen LogP contribution >= 0.6 is 0 Å². The third-order valence-corrected chi connectivity index (χ3v) is 2.84. The second kappa shape index (κ2) is 4.44. The number of aromatic nitrogens is 1. The maximum Gasteiger partial charge on any atom is 0.416 e. The first-order valence-corrected chi connectivity index (χ1v) is 5.50. The maximum absolute atomic E-state index is 12.6. The molecule has 0 unspecified atom stereocenters. The monoisotopic (exact) mass is 251 g/mol. The number of benzene rings is 1. The van der Waals surface area contributed by atoms with E-state index >= 15 is 0 Å². The van der Waals surface area contributed by atoms with E-state index in [4.69, 9.17) is 0 Å². The molecule has 0 spiro atoms. The van der Waals surface area contributed by atoms with Gasteiger partial charge in [-0.1, -0.05) is 18.2 Å². The van der Waals surface area contributed by atoms with Gasteiger partial charge in [0.2, 0.25) is 0 Å². The lowest BCUT2D eigenvalue weighted by Crippen LogP contribution is -2.04. The van der Waals surface area contributed by atoms with E-state index in [0.717, 1.165) is 23.4 Å². The minimum absolute atomic E-state index is 0.480. The van der Waals surface area contributed by atoms with Gasteiger partial charge in [-0.05, 0) is 37.6 Å². The van der Waals surface area contributed by atoms with Crippen LogP contribution < -0.4 is 0 Å². The van der Waals surface area contributed by atoms with E-state index in [9.17, 15) is 13.2 Å². The molecule has 0 saturated carbocycles. The molecule has 2 aromatic rings. The SMILES string of the molecule is Cc1ccc(-c2cccc(C(F)(F)F)c2)nc1C. The van der Waals surface area contributed by atoms with E-state index in [2.05, 4.69) is 4.98 Å². The van der Waals surface area contributed by atoms with E-state index in [1.54, 1.807) is 12.1 Å². The zero-order valence-electron chi connectivity index (χ0n) is 10.0. The number of hydrogen-bond acceptors (Lipinski definition) is 1.